The van der Waals surface area contributed by atoms with E-state index in [4.69, 9.17) is 4.74 Å². The molecule has 3 nitrogen and oxygen atoms in total. The van der Waals surface area contributed by atoms with E-state index in [-0.39, 0.29) is 6.61 Å². The second kappa shape index (κ2) is 5.29. The fourth-order valence-electron chi connectivity index (χ4n) is 1.73. The van der Waals surface area contributed by atoms with Crippen molar-refractivity contribution < 1.29 is 9.84 Å². The number of nitrogens with zero attached hydrogens (tertiary/aromatic N) is 1. The molecule has 0 atom stereocenters. The normalized spacial score (nSPS) is 10.5. The molecule has 1 aromatic carbocycles. The van der Waals surface area contributed by atoms with Crippen LogP contribution in [0.2, 0.25) is 0 Å². The Hall–Kier alpha value is -1.39. The molecular formula is C13H15NO2S. The molecule has 1 N–H and O–H groups in total. The van der Waals surface area contributed by atoms with Crippen LogP contribution in [-0.4, -0.2) is 16.7 Å². The average molecular weight is 249 g/mol. The number of aromatic nitrogens is 1. The van der Waals surface area contributed by atoms with Crippen LogP contribution in [0.15, 0.2) is 24.3 Å². The maximum atomic E-state index is 9.34. The largest absolute Gasteiger partial charge is 0.493 e. The monoisotopic (exact) mass is 249 g/mol. The van der Waals surface area contributed by atoms with E-state index in [0.29, 0.717) is 6.61 Å². The molecule has 0 amide bonds. The molecule has 1 aromatic heterocycles. The van der Waals surface area contributed by atoms with Gasteiger partial charge in [-0.05, 0) is 26.0 Å². The van der Waals surface area contributed by atoms with E-state index >= 15 is 0 Å². The standard InChI is InChI=1S/C13H15NO2S/c1-3-16-11-7-5-4-6-10(11)13-12(8-15)17-9(2)14-13/h4-7,15H,3,8H2,1-2H3. The highest BCUT2D eigenvalue weighted by Crippen LogP contribution is 2.34. The van der Waals surface area contributed by atoms with Gasteiger partial charge < -0.3 is 9.84 Å². The summed E-state index contributed by atoms with van der Waals surface area (Å²) in [6, 6.07) is 7.79. The molecule has 0 saturated heterocycles. The zero-order valence-corrected chi connectivity index (χ0v) is 10.8. The van der Waals surface area contributed by atoms with Crippen LogP contribution < -0.4 is 4.74 Å². The lowest BCUT2D eigenvalue weighted by Gasteiger charge is -2.08. The van der Waals surface area contributed by atoms with Crippen LogP contribution in [0.5, 0.6) is 5.75 Å². The van der Waals surface area contributed by atoms with Crippen LogP contribution in [0.3, 0.4) is 0 Å². The van der Waals surface area contributed by atoms with Crippen molar-refractivity contribution in [2.75, 3.05) is 6.61 Å². The molecule has 2 rings (SSSR count). The predicted molar refractivity (Wildman–Crippen MR) is 69.4 cm³/mol. The summed E-state index contributed by atoms with van der Waals surface area (Å²) in [4.78, 5) is 5.36. The Morgan fingerprint density at radius 1 is 1.35 bits per heavy atom. The van der Waals surface area contributed by atoms with Crippen LogP contribution >= 0.6 is 11.3 Å². The number of aryl methyl sites for hydroxylation is 1. The minimum absolute atomic E-state index is 0.0152. The highest BCUT2D eigenvalue weighted by molar-refractivity contribution is 7.12. The molecule has 2 aromatic rings. The van der Waals surface area contributed by atoms with Crippen LogP contribution in [0.25, 0.3) is 11.3 Å². The van der Waals surface area contributed by atoms with E-state index in [1.807, 2.05) is 38.1 Å². The van der Waals surface area contributed by atoms with Gasteiger partial charge in [0.2, 0.25) is 0 Å². The summed E-state index contributed by atoms with van der Waals surface area (Å²) in [7, 11) is 0. The zero-order valence-electron chi connectivity index (χ0n) is 9.93. The first kappa shape index (κ1) is 12.1. The summed E-state index contributed by atoms with van der Waals surface area (Å²) in [5, 5.41) is 10.3. The van der Waals surface area contributed by atoms with Gasteiger partial charge in [0.1, 0.15) is 5.75 Å². The SMILES string of the molecule is CCOc1ccccc1-c1nc(C)sc1CO. The van der Waals surface area contributed by atoms with E-state index in [1.54, 1.807) is 0 Å². The van der Waals surface area contributed by atoms with Gasteiger partial charge in [-0.15, -0.1) is 11.3 Å². The molecule has 0 aliphatic heterocycles. The van der Waals surface area contributed by atoms with Crippen molar-refractivity contribution in [2.24, 2.45) is 0 Å². The van der Waals surface area contributed by atoms with Crippen LogP contribution in [0.1, 0.15) is 16.8 Å². The maximum absolute atomic E-state index is 9.34. The third-order valence-electron chi connectivity index (χ3n) is 2.39. The lowest BCUT2D eigenvalue weighted by atomic mass is 10.1. The molecule has 0 saturated carbocycles. The molecule has 1 heterocycles. The molecule has 0 aliphatic rings. The Morgan fingerprint density at radius 3 is 2.82 bits per heavy atom. The van der Waals surface area contributed by atoms with E-state index in [1.165, 1.54) is 11.3 Å². The summed E-state index contributed by atoms with van der Waals surface area (Å²) in [6.45, 7) is 4.53. The van der Waals surface area contributed by atoms with Gasteiger partial charge in [-0.25, -0.2) is 4.98 Å². The molecule has 90 valence electrons. The maximum Gasteiger partial charge on any atom is 0.128 e. The molecule has 4 heteroatoms. The number of rotatable bonds is 4. The van der Waals surface area contributed by atoms with Gasteiger partial charge >= 0.3 is 0 Å². The molecule has 0 aliphatic carbocycles. The third-order valence-corrected chi connectivity index (χ3v) is 3.35. The Labute approximate surface area is 105 Å². The first-order valence-corrected chi connectivity index (χ1v) is 6.37. The van der Waals surface area contributed by atoms with Gasteiger partial charge in [0.05, 0.1) is 28.8 Å². The highest BCUT2D eigenvalue weighted by atomic mass is 32.1. The summed E-state index contributed by atoms with van der Waals surface area (Å²) in [5.74, 6) is 0.815. The van der Waals surface area contributed by atoms with Gasteiger partial charge in [0.25, 0.3) is 0 Å². The lowest BCUT2D eigenvalue weighted by molar-refractivity contribution is 0.285. The molecule has 0 unspecified atom stereocenters. The number of aliphatic hydroxyl groups is 1. The van der Waals surface area contributed by atoms with Crippen LogP contribution in [-0.2, 0) is 6.61 Å². The lowest BCUT2D eigenvalue weighted by Crippen LogP contribution is -1.95. The van der Waals surface area contributed by atoms with Crippen molar-refractivity contribution in [1.82, 2.24) is 4.98 Å². The van der Waals surface area contributed by atoms with E-state index in [2.05, 4.69) is 4.98 Å². The van der Waals surface area contributed by atoms with Crippen molar-refractivity contribution in [3.8, 4) is 17.0 Å². The summed E-state index contributed by atoms with van der Waals surface area (Å²) < 4.78 is 5.58. The fourth-order valence-corrected chi connectivity index (χ4v) is 2.54. The number of ether oxygens (including phenoxy) is 1. The van der Waals surface area contributed by atoms with Crippen LogP contribution in [0, 0.1) is 6.92 Å². The average Bonchev–Trinajstić information content (AvgIpc) is 2.71. The van der Waals surface area contributed by atoms with Crippen molar-refractivity contribution in [1.29, 1.82) is 0 Å². The number of thiazole rings is 1. The van der Waals surface area contributed by atoms with E-state index in [9.17, 15) is 5.11 Å². The topological polar surface area (TPSA) is 42.4 Å². The van der Waals surface area contributed by atoms with Crippen molar-refractivity contribution in [2.45, 2.75) is 20.5 Å². The Bertz CT molecular complexity index is 508. The Kier molecular flexibility index (Phi) is 3.76. The van der Waals surface area contributed by atoms with E-state index < -0.39 is 0 Å². The summed E-state index contributed by atoms with van der Waals surface area (Å²) >= 11 is 1.52. The Balaban J connectivity index is 2.51. The first-order valence-electron chi connectivity index (χ1n) is 5.55. The summed E-state index contributed by atoms with van der Waals surface area (Å²) in [6.07, 6.45) is 0. The van der Waals surface area contributed by atoms with Gasteiger partial charge in [0, 0.05) is 5.56 Å². The number of para-hydroxylation sites is 1. The van der Waals surface area contributed by atoms with Gasteiger partial charge in [-0.1, -0.05) is 12.1 Å². The minimum Gasteiger partial charge on any atom is -0.493 e. The smallest absolute Gasteiger partial charge is 0.128 e. The molecule has 0 fully saturated rings. The molecule has 17 heavy (non-hydrogen) atoms. The second-order valence-electron chi connectivity index (χ2n) is 3.59. The quantitative estimate of drug-likeness (QED) is 0.905. The first-order chi connectivity index (χ1) is 8.26. The highest BCUT2D eigenvalue weighted by Gasteiger charge is 2.14. The number of hydrogen-bond donors (Lipinski definition) is 1. The van der Waals surface area contributed by atoms with Crippen LogP contribution in [0.4, 0.5) is 0 Å². The Morgan fingerprint density at radius 2 is 2.12 bits per heavy atom. The third kappa shape index (κ3) is 2.48. The minimum atomic E-state index is 0.0152. The number of aliphatic hydroxyl groups excluding tert-OH is 1. The second-order valence-corrected chi connectivity index (χ2v) is 4.88. The van der Waals surface area contributed by atoms with Crippen molar-refractivity contribution in [3.63, 3.8) is 0 Å². The van der Waals surface area contributed by atoms with Gasteiger partial charge in [0.15, 0.2) is 0 Å². The zero-order chi connectivity index (χ0) is 12.3. The predicted octanol–water partition coefficient (Wildman–Crippen LogP) is 3.01. The molecule has 0 bridgehead atoms. The van der Waals surface area contributed by atoms with Gasteiger partial charge in [-0.3, -0.25) is 0 Å². The van der Waals surface area contributed by atoms with Gasteiger partial charge in [-0.2, -0.15) is 0 Å². The van der Waals surface area contributed by atoms with E-state index in [0.717, 1.165) is 26.9 Å². The number of benzene rings is 1. The number of hydrogen-bond acceptors (Lipinski definition) is 4. The summed E-state index contributed by atoms with van der Waals surface area (Å²) in [5.41, 5.74) is 1.78. The fraction of sp³-hybridized carbons (Fsp3) is 0.308. The van der Waals surface area contributed by atoms with Crippen molar-refractivity contribution in [3.05, 3.63) is 34.2 Å². The molecule has 0 spiro atoms. The molecular weight excluding hydrogens is 234 g/mol. The van der Waals surface area contributed by atoms with Crippen molar-refractivity contribution >= 4 is 11.3 Å². The molecule has 0 radical (unpaired) electrons.